The Hall–Kier alpha value is -2.83. The SMILES string of the molecule is CS(=O)(=O)c1ccc(N2CCN(C(=O)c3cc(S(C)(=O)=O)ccc3-c3nccs3)CC2)c(F)c1. The lowest BCUT2D eigenvalue weighted by molar-refractivity contribution is 0.0747. The van der Waals surface area contributed by atoms with Crippen molar-refractivity contribution < 1.29 is 26.0 Å². The van der Waals surface area contributed by atoms with Crippen molar-refractivity contribution in [3.8, 4) is 10.6 Å². The van der Waals surface area contributed by atoms with E-state index in [2.05, 4.69) is 4.98 Å². The molecule has 0 N–H and O–H groups in total. The molecule has 1 saturated heterocycles. The summed E-state index contributed by atoms with van der Waals surface area (Å²) in [7, 11) is -7.04. The predicted molar refractivity (Wildman–Crippen MR) is 128 cm³/mol. The molecule has 0 bridgehead atoms. The number of halogens is 1. The van der Waals surface area contributed by atoms with Crippen molar-refractivity contribution in [2.75, 3.05) is 43.6 Å². The van der Waals surface area contributed by atoms with E-state index in [1.807, 2.05) is 0 Å². The fourth-order valence-electron chi connectivity index (χ4n) is 3.77. The van der Waals surface area contributed by atoms with Gasteiger partial charge in [-0.1, -0.05) is 0 Å². The van der Waals surface area contributed by atoms with Crippen LogP contribution < -0.4 is 4.90 Å². The second-order valence-corrected chi connectivity index (χ2v) is 12.9. The standard InChI is InChI=1S/C22H22FN3O5S3/c1-33(28,29)15-3-5-17(21-24-7-12-32-21)18(13-15)22(27)26-10-8-25(9-11-26)20-6-4-16(14-19(20)23)34(2,30)31/h3-7,12-14H,8-11H2,1-2H3. The summed E-state index contributed by atoms with van der Waals surface area (Å²) in [5.74, 6) is -0.974. The van der Waals surface area contributed by atoms with Crippen molar-refractivity contribution in [1.82, 2.24) is 9.88 Å². The molecule has 2 heterocycles. The summed E-state index contributed by atoms with van der Waals surface area (Å²) in [4.78, 5) is 21.0. The van der Waals surface area contributed by atoms with Crippen LogP contribution in [0.4, 0.5) is 10.1 Å². The van der Waals surface area contributed by atoms with Crippen LogP contribution >= 0.6 is 11.3 Å². The number of carbonyl (C=O) groups is 1. The third kappa shape index (κ3) is 4.98. The predicted octanol–water partition coefficient (Wildman–Crippen LogP) is 2.72. The molecule has 0 atom stereocenters. The zero-order valence-electron chi connectivity index (χ0n) is 18.4. The van der Waals surface area contributed by atoms with E-state index in [1.165, 1.54) is 35.6 Å². The number of carbonyl (C=O) groups excluding carboxylic acids is 1. The Bertz CT molecular complexity index is 1450. The summed E-state index contributed by atoms with van der Waals surface area (Å²) in [6.45, 7) is 1.23. The molecule has 2 aromatic carbocycles. The number of aromatic nitrogens is 1. The molecular formula is C22H22FN3O5S3. The van der Waals surface area contributed by atoms with Gasteiger partial charge in [-0.15, -0.1) is 11.3 Å². The van der Waals surface area contributed by atoms with Gasteiger partial charge in [0, 0.05) is 55.8 Å². The number of benzene rings is 2. The van der Waals surface area contributed by atoms with Crippen LogP contribution in [0.5, 0.6) is 0 Å². The summed E-state index contributed by atoms with van der Waals surface area (Å²) < 4.78 is 62.1. The Kier molecular flexibility index (Phi) is 6.49. The van der Waals surface area contributed by atoms with Gasteiger partial charge < -0.3 is 9.80 Å². The molecule has 34 heavy (non-hydrogen) atoms. The molecule has 1 fully saturated rings. The number of nitrogens with zero attached hydrogens (tertiary/aromatic N) is 3. The Morgan fingerprint density at radius 2 is 1.56 bits per heavy atom. The number of thiazole rings is 1. The van der Waals surface area contributed by atoms with Gasteiger partial charge in [-0.2, -0.15) is 0 Å². The number of hydrogen-bond donors (Lipinski definition) is 0. The van der Waals surface area contributed by atoms with Crippen LogP contribution in [-0.4, -0.2) is 71.3 Å². The van der Waals surface area contributed by atoms with Crippen LogP contribution in [0, 0.1) is 5.82 Å². The molecule has 1 amide bonds. The lowest BCUT2D eigenvalue weighted by Gasteiger charge is -2.36. The second kappa shape index (κ2) is 9.08. The molecule has 3 aromatic rings. The summed E-state index contributed by atoms with van der Waals surface area (Å²) in [6.07, 6.45) is 3.72. The van der Waals surface area contributed by atoms with E-state index in [4.69, 9.17) is 0 Å². The van der Waals surface area contributed by atoms with Crippen molar-refractivity contribution in [2.24, 2.45) is 0 Å². The van der Waals surface area contributed by atoms with Crippen molar-refractivity contribution in [1.29, 1.82) is 0 Å². The number of amides is 1. The first-order chi connectivity index (χ1) is 15.9. The molecule has 1 aliphatic heterocycles. The average Bonchev–Trinajstić information content (AvgIpc) is 3.32. The maximum absolute atomic E-state index is 14.6. The first-order valence-corrected chi connectivity index (χ1v) is 14.9. The quantitative estimate of drug-likeness (QED) is 0.506. The molecule has 4 rings (SSSR count). The molecule has 8 nitrogen and oxygen atoms in total. The van der Waals surface area contributed by atoms with Crippen LogP contribution in [0.15, 0.2) is 57.8 Å². The van der Waals surface area contributed by atoms with Gasteiger partial charge >= 0.3 is 0 Å². The van der Waals surface area contributed by atoms with Gasteiger partial charge in [-0.25, -0.2) is 26.2 Å². The normalized spacial score (nSPS) is 14.9. The summed E-state index contributed by atoms with van der Waals surface area (Å²) >= 11 is 1.35. The van der Waals surface area contributed by atoms with Crippen LogP contribution in [0.25, 0.3) is 10.6 Å². The number of rotatable bonds is 5. The van der Waals surface area contributed by atoms with Gasteiger partial charge in [-0.05, 0) is 36.4 Å². The van der Waals surface area contributed by atoms with Gasteiger partial charge in [-0.3, -0.25) is 4.79 Å². The first kappa shape index (κ1) is 24.3. The zero-order valence-corrected chi connectivity index (χ0v) is 20.9. The molecule has 0 unspecified atom stereocenters. The maximum atomic E-state index is 14.6. The third-order valence-electron chi connectivity index (χ3n) is 5.57. The molecule has 0 radical (unpaired) electrons. The highest BCUT2D eigenvalue weighted by Gasteiger charge is 2.27. The van der Waals surface area contributed by atoms with E-state index in [9.17, 15) is 26.0 Å². The lowest BCUT2D eigenvalue weighted by atomic mass is 10.1. The number of sulfone groups is 2. The molecular weight excluding hydrogens is 501 g/mol. The minimum Gasteiger partial charge on any atom is -0.366 e. The Morgan fingerprint density at radius 3 is 2.12 bits per heavy atom. The van der Waals surface area contributed by atoms with Gasteiger partial charge in [0.15, 0.2) is 19.7 Å². The van der Waals surface area contributed by atoms with E-state index in [1.54, 1.807) is 27.4 Å². The number of hydrogen-bond acceptors (Lipinski definition) is 8. The van der Waals surface area contributed by atoms with Crippen LogP contribution in [0.1, 0.15) is 10.4 Å². The van der Waals surface area contributed by atoms with E-state index in [0.29, 0.717) is 23.7 Å². The molecule has 0 aliphatic carbocycles. The molecule has 1 aromatic heterocycles. The summed E-state index contributed by atoms with van der Waals surface area (Å²) in [5, 5.41) is 2.38. The van der Waals surface area contributed by atoms with E-state index >= 15 is 0 Å². The minimum atomic E-state index is -3.52. The Balaban J connectivity index is 1.57. The highest BCUT2D eigenvalue weighted by Crippen LogP contribution is 2.30. The highest BCUT2D eigenvalue weighted by molar-refractivity contribution is 7.91. The molecule has 180 valence electrons. The summed E-state index contributed by atoms with van der Waals surface area (Å²) in [6, 6.07) is 8.23. The van der Waals surface area contributed by atoms with Crippen LogP contribution in [0.3, 0.4) is 0 Å². The topological polar surface area (TPSA) is 105 Å². The minimum absolute atomic E-state index is 0.0443. The average molecular weight is 524 g/mol. The molecule has 1 aliphatic rings. The Labute approximate surface area is 201 Å². The summed E-state index contributed by atoms with van der Waals surface area (Å²) in [5.41, 5.74) is 1.06. The fraction of sp³-hybridized carbons (Fsp3) is 0.273. The largest absolute Gasteiger partial charge is 0.366 e. The lowest BCUT2D eigenvalue weighted by Crippen LogP contribution is -2.49. The van der Waals surface area contributed by atoms with Gasteiger partial charge in [0.05, 0.1) is 21.0 Å². The van der Waals surface area contributed by atoms with Crippen LogP contribution in [0.2, 0.25) is 0 Å². The maximum Gasteiger partial charge on any atom is 0.254 e. The first-order valence-electron chi connectivity index (χ1n) is 10.2. The second-order valence-electron chi connectivity index (χ2n) is 7.98. The van der Waals surface area contributed by atoms with Gasteiger partial charge in [0.1, 0.15) is 10.8 Å². The monoisotopic (exact) mass is 523 g/mol. The molecule has 12 heteroatoms. The van der Waals surface area contributed by atoms with Crippen molar-refractivity contribution in [2.45, 2.75) is 9.79 Å². The highest BCUT2D eigenvalue weighted by atomic mass is 32.2. The van der Waals surface area contributed by atoms with E-state index in [0.717, 1.165) is 18.6 Å². The fourth-order valence-corrected chi connectivity index (χ4v) is 5.73. The number of anilines is 1. The van der Waals surface area contributed by atoms with E-state index < -0.39 is 25.5 Å². The van der Waals surface area contributed by atoms with Crippen molar-refractivity contribution in [3.63, 3.8) is 0 Å². The van der Waals surface area contributed by atoms with Crippen LogP contribution in [-0.2, 0) is 19.7 Å². The van der Waals surface area contributed by atoms with E-state index in [-0.39, 0.29) is 40.0 Å². The zero-order chi connectivity index (χ0) is 24.7. The molecule has 0 spiro atoms. The number of piperazine rings is 1. The van der Waals surface area contributed by atoms with Gasteiger partial charge in [0.25, 0.3) is 5.91 Å². The van der Waals surface area contributed by atoms with Gasteiger partial charge in [0.2, 0.25) is 0 Å². The van der Waals surface area contributed by atoms with Crippen molar-refractivity contribution in [3.05, 3.63) is 59.4 Å². The smallest absolute Gasteiger partial charge is 0.254 e. The third-order valence-corrected chi connectivity index (χ3v) is 8.59. The Morgan fingerprint density at radius 1 is 0.941 bits per heavy atom. The molecule has 0 saturated carbocycles. The van der Waals surface area contributed by atoms with Crippen molar-refractivity contribution >= 4 is 42.6 Å².